The summed E-state index contributed by atoms with van der Waals surface area (Å²) in [5, 5.41) is 19.4. The smallest absolute Gasteiger partial charge is 0.335 e. The quantitative estimate of drug-likeness (QED) is 0.379. The lowest BCUT2D eigenvalue weighted by Crippen LogP contribution is -2.08. The molecule has 124 valence electrons. The van der Waals surface area contributed by atoms with Crippen LogP contribution in [0.15, 0.2) is 41.2 Å². The number of pyridine rings is 1. The predicted molar refractivity (Wildman–Crippen MR) is 92.7 cm³/mol. The van der Waals surface area contributed by atoms with E-state index in [-0.39, 0.29) is 11.3 Å². The number of nitrogen functional groups attached to an aromatic ring is 1. The molecule has 0 aliphatic heterocycles. The van der Waals surface area contributed by atoms with Crippen LogP contribution in [-0.4, -0.2) is 31.1 Å². The number of hydrogen-bond acceptors (Lipinski definition) is 5. The normalized spacial score (nSPS) is 11.2. The highest BCUT2D eigenvalue weighted by Gasteiger charge is 2.16. The van der Waals surface area contributed by atoms with Crippen molar-refractivity contribution in [3.05, 3.63) is 52.3 Å². The van der Waals surface area contributed by atoms with Gasteiger partial charge in [0.2, 0.25) is 5.75 Å². The molecule has 0 aliphatic carbocycles. The molecule has 0 radical (unpaired) electrons. The summed E-state index contributed by atoms with van der Waals surface area (Å²) in [6.07, 6.45) is 0. The van der Waals surface area contributed by atoms with Crippen LogP contribution in [0.2, 0.25) is 0 Å². The van der Waals surface area contributed by atoms with Crippen LogP contribution in [0.5, 0.6) is 5.75 Å². The summed E-state index contributed by atoms with van der Waals surface area (Å²) in [4.78, 5) is 32.8. The molecule has 8 nitrogen and oxygen atoms in total. The monoisotopic (exact) mass is 336 g/mol. The third kappa shape index (κ3) is 2.19. The number of nitrogens with two attached hydrogens (primary N) is 1. The molecular weight excluding hydrogens is 324 g/mol. The number of carboxylic acid groups (broad SMARTS) is 1. The van der Waals surface area contributed by atoms with Crippen molar-refractivity contribution in [2.75, 3.05) is 5.73 Å². The van der Waals surface area contributed by atoms with E-state index in [1.54, 1.807) is 24.3 Å². The first-order chi connectivity index (χ1) is 12.0. The summed E-state index contributed by atoms with van der Waals surface area (Å²) in [7, 11) is 0. The fourth-order valence-corrected chi connectivity index (χ4v) is 2.84. The van der Waals surface area contributed by atoms with Gasteiger partial charge in [-0.1, -0.05) is 12.1 Å². The first kappa shape index (κ1) is 14.8. The Hall–Kier alpha value is -3.81. The van der Waals surface area contributed by atoms with Crippen molar-refractivity contribution < 1.29 is 15.0 Å². The van der Waals surface area contributed by atoms with Crippen molar-refractivity contribution in [2.24, 2.45) is 0 Å². The first-order valence-corrected chi connectivity index (χ1v) is 7.32. The van der Waals surface area contributed by atoms with Crippen molar-refractivity contribution in [1.29, 1.82) is 0 Å². The number of benzene rings is 2. The Kier molecular flexibility index (Phi) is 3.01. The molecule has 4 rings (SSSR count). The van der Waals surface area contributed by atoms with Crippen LogP contribution in [0.4, 0.5) is 5.69 Å². The molecule has 0 fully saturated rings. The molecule has 2 aromatic carbocycles. The van der Waals surface area contributed by atoms with Crippen LogP contribution in [0.25, 0.3) is 33.3 Å². The third-order valence-corrected chi connectivity index (χ3v) is 4.04. The number of fused-ring (bicyclic) bond motifs is 2. The van der Waals surface area contributed by atoms with E-state index in [0.29, 0.717) is 33.3 Å². The topological polar surface area (TPSA) is 145 Å². The maximum Gasteiger partial charge on any atom is 0.335 e. The Bertz CT molecular complexity index is 1220. The van der Waals surface area contributed by atoms with E-state index in [1.807, 2.05) is 0 Å². The van der Waals surface area contributed by atoms with E-state index >= 15 is 0 Å². The fourth-order valence-electron chi connectivity index (χ4n) is 2.84. The second kappa shape index (κ2) is 5.10. The number of nitrogens with one attached hydrogen (secondary N) is 2. The molecule has 8 heteroatoms. The van der Waals surface area contributed by atoms with E-state index in [2.05, 4.69) is 15.0 Å². The number of aromatic nitrogens is 3. The van der Waals surface area contributed by atoms with Gasteiger partial charge in [0.1, 0.15) is 5.82 Å². The molecule has 0 saturated heterocycles. The van der Waals surface area contributed by atoms with Crippen molar-refractivity contribution in [3.8, 4) is 17.1 Å². The van der Waals surface area contributed by atoms with Gasteiger partial charge in [-0.25, -0.2) is 9.78 Å². The molecule has 2 heterocycles. The fraction of sp³-hybridized carbons (Fsp3) is 0. The van der Waals surface area contributed by atoms with Gasteiger partial charge in [-0.05, 0) is 24.3 Å². The molecule has 0 bridgehead atoms. The maximum atomic E-state index is 11.7. The van der Waals surface area contributed by atoms with Gasteiger partial charge >= 0.3 is 5.97 Å². The van der Waals surface area contributed by atoms with Crippen LogP contribution >= 0.6 is 0 Å². The van der Waals surface area contributed by atoms with Crippen molar-refractivity contribution >= 4 is 33.6 Å². The Morgan fingerprint density at radius 2 is 1.92 bits per heavy atom. The average Bonchev–Trinajstić information content (AvgIpc) is 3.02. The highest BCUT2D eigenvalue weighted by Crippen LogP contribution is 2.33. The van der Waals surface area contributed by atoms with Crippen molar-refractivity contribution in [1.82, 2.24) is 15.0 Å². The Morgan fingerprint density at radius 3 is 2.68 bits per heavy atom. The highest BCUT2D eigenvalue weighted by atomic mass is 16.4. The van der Waals surface area contributed by atoms with Gasteiger partial charge in [0.25, 0.3) is 5.56 Å². The number of carboxylic acids is 1. The van der Waals surface area contributed by atoms with Crippen molar-refractivity contribution in [3.63, 3.8) is 0 Å². The number of carbonyl (C=O) groups is 1. The lowest BCUT2D eigenvalue weighted by atomic mass is 10.1. The molecule has 2 aromatic heterocycles. The van der Waals surface area contributed by atoms with Gasteiger partial charge in [0.15, 0.2) is 0 Å². The van der Waals surface area contributed by atoms with Crippen LogP contribution in [0.3, 0.4) is 0 Å². The molecule has 0 aliphatic rings. The molecule has 0 spiro atoms. The Balaban J connectivity index is 2.01. The van der Waals surface area contributed by atoms with Crippen LogP contribution < -0.4 is 11.3 Å². The summed E-state index contributed by atoms with van der Waals surface area (Å²) >= 11 is 0. The average molecular weight is 336 g/mol. The van der Waals surface area contributed by atoms with Gasteiger partial charge in [0.05, 0.1) is 27.8 Å². The Morgan fingerprint density at radius 1 is 1.12 bits per heavy atom. The van der Waals surface area contributed by atoms with E-state index in [4.69, 9.17) is 10.8 Å². The van der Waals surface area contributed by atoms with Gasteiger partial charge in [-0.2, -0.15) is 0 Å². The maximum absolute atomic E-state index is 11.7. The molecule has 0 unspecified atom stereocenters. The minimum absolute atomic E-state index is 0.0407. The van der Waals surface area contributed by atoms with E-state index in [9.17, 15) is 14.7 Å². The summed E-state index contributed by atoms with van der Waals surface area (Å²) in [6, 6.07) is 9.69. The Labute approximate surface area is 139 Å². The van der Waals surface area contributed by atoms with E-state index < -0.39 is 17.3 Å². The first-order valence-electron chi connectivity index (χ1n) is 7.32. The minimum atomic E-state index is -1.03. The van der Waals surface area contributed by atoms with Crippen LogP contribution in [0, 0.1) is 0 Å². The largest absolute Gasteiger partial charge is 0.502 e. The second-order valence-corrected chi connectivity index (χ2v) is 5.57. The molecule has 4 aromatic rings. The molecule has 25 heavy (non-hydrogen) atoms. The van der Waals surface area contributed by atoms with Gasteiger partial charge in [-0.3, -0.25) is 4.79 Å². The van der Waals surface area contributed by atoms with E-state index in [1.165, 1.54) is 12.1 Å². The van der Waals surface area contributed by atoms with Gasteiger partial charge in [0, 0.05) is 10.9 Å². The van der Waals surface area contributed by atoms with Gasteiger partial charge in [-0.15, -0.1) is 0 Å². The predicted octanol–water partition coefficient (Wildman–Crippen LogP) is 2.06. The second-order valence-electron chi connectivity index (χ2n) is 5.57. The standard InChI is InChI=1S/C17H12N4O4/c18-13-12-8(2-1-3-10(12)21-16(23)14(13)22)15-19-9-5-4-7(17(24)25)6-11(9)20-15/h1-6,22H,(H,19,20)(H,24,25)(H3,18,21,23). The summed E-state index contributed by atoms with van der Waals surface area (Å²) in [5.41, 5.74) is 7.54. The lowest BCUT2D eigenvalue weighted by Gasteiger charge is -2.08. The molecule has 0 atom stereocenters. The third-order valence-electron chi connectivity index (χ3n) is 4.04. The van der Waals surface area contributed by atoms with E-state index in [0.717, 1.165) is 0 Å². The number of rotatable bonds is 2. The molecule has 0 amide bonds. The number of aromatic hydroxyl groups is 1. The lowest BCUT2D eigenvalue weighted by molar-refractivity contribution is 0.0697. The molecular formula is C17H12N4O4. The number of nitrogens with zero attached hydrogens (tertiary/aromatic N) is 1. The minimum Gasteiger partial charge on any atom is -0.502 e. The number of anilines is 1. The molecule has 0 saturated carbocycles. The summed E-state index contributed by atoms with van der Waals surface area (Å²) in [6.45, 7) is 0. The van der Waals surface area contributed by atoms with Crippen LogP contribution in [-0.2, 0) is 0 Å². The number of aromatic carboxylic acids is 1. The SMILES string of the molecule is Nc1c(O)c(=O)[nH]c2cccc(-c3nc4ccc(C(=O)O)cc4[nH]3)c12. The zero-order valence-electron chi connectivity index (χ0n) is 12.7. The summed E-state index contributed by atoms with van der Waals surface area (Å²) in [5.74, 6) is -1.14. The van der Waals surface area contributed by atoms with Gasteiger partial charge < -0.3 is 25.9 Å². The number of aromatic amines is 2. The zero-order valence-corrected chi connectivity index (χ0v) is 12.7. The number of imidazole rings is 1. The van der Waals surface area contributed by atoms with Crippen LogP contribution in [0.1, 0.15) is 10.4 Å². The number of hydrogen-bond donors (Lipinski definition) is 5. The highest BCUT2D eigenvalue weighted by molar-refractivity contribution is 6.04. The molecule has 6 N–H and O–H groups in total. The van der Waals surface area contributed by atoms with Crippen molar-refractivity contribution in [2.45, 2.75) is 0 Å². The zero-order chi connectivity index (χ0) is 17.7. The number of H-pyrrole nitrogens is 2. The summed E-state index contributed by atoms with van der Waals surface area (Å²) < 4.78 is 0.